The van der Waals surface area contributed by atoms with Crippen LogP contribution in [0.2, 0.25) is 0 Å². The summed E-state index contributed by atoms with van der Waals surface area (Å²) in [7, 11) is 0. The Kier molecular flexibility index (Phi) is 5.17. The van der Waals surface area contributed by atoms with Crippen molar-refractivity contribution in [1.29, 1.82) is 0 Å². The van der Waals surface area contributed by atoms with Crippen LogP contribution in [0.15, 0.2) is 47.1 Å². The van der Waals surface area contributed by atoms with Gasteiger partial charge in [-0.05, 0) is 57.2 Å². The van der Waals surface area contributed by atoms with E-state index in [1.54, 1.807) is 18.4 Å². The third kappa shape index (κ3) is 4.46. The van der Waals surface area contributed by atoms with E-state index in [0.717, 1.165) is 11.5 Å². The molecule has 112 valence electrons. The summed E-state index contributed by atoms with van der Waals surface area (Å²) < 4.78 is 10.8. The molecule has 0 bridgehead atoms. The lowest BCUT2D eigenvalue weighted by Crippen LogP contribution is -2.33. The molecule has 1 heterocycles. The summed E-state index contributed by atoms with van der Waals surface area (Å²) in [5.41, 5.74) is 0.672. The van der Waals surface area contributed by atoms with Crippen molar-refractivity contribution >= 4 is 5.78 Å². The van der Waals surface area contributed by atoms with Crippen molar-refractivity contribution in [3.05, 3.63) is 54.0 Å². The van der Waals surface area contributed by atoms with Crippen LogP contribution in [0.3, 0.4) is 0 Å². The fourth-order valence-corrected chi connectivity index (χ4v) is 1.98. The number of ketones is 1. The Morgan fingerprint density at radius 3 is 2.48 bits per heavy atom. The maximum Gasteiger partial charge on any atom is 0.179 e. The lowest BCUT2D eigenvalue weighted by Gasteiger charge is -2.13. The molecule has 0 aliphatic carbocycles. The van der Waals surface area contributed by atoms with Gasteiger partial charge < -0.3 is 14.5 Å². The smallest absolute Gasteiger partial charge is 0.179 e. The molecule has 0 saturated heterocycles. The van der Waals surface area contributed by atoms with Crippen LogP contribution in [0.4, 0.5) is 0 Å². The first-order valence-corrected chi connectivity index (χ1v) is 7.13. The molecule has 1 unspecified atom stereocenters. The molecule has 1 N–H and O–H groups in total. The summed E-state index contributed by atoms with van der Waals surface area (Å²) in [4.78, 5) is 12.3. The second kappa shape index (κ2) is 7.09. The predicted octanol–water partition coefficient (Wildman–Crippen LogP) is 3.43. The molecule has 1 aromatic heterocycles. The number of Topliss-reactive ketones (excluding diaryl/α,β-unsaturated/α-hetero) is 1. The van der Waals surface area contributed by atoms with Gasteiger partial charge in [0.15, 0.2) is 5.78 Å². The quantitative estimate of drug-likeness (QED) is 0.793. The fraction of sp³-hybridized carbons (Fsp3) is 0.353. The number of rotatable bonds is 7. The molecule has 4 nitrogen and oxygen atoms in total. The zero-order chi connectivity index (χ0) is 15.2. The number of furan rings is 1. The summed E-state index contributed by atoms with van der Waals surface area (Å²) in [6, 6.07) is 10.7. The largest absolute Gasteiger partial charge is 0.491 e. The van der Waals surface area contributed by atoms with Gasteiger partial charge in [0.2, 0.25) is 0 Å². The second-order valence-corrected chi connectivity index (χ2v) is 5.24. The first-order chi connectivity index (χ1) is 10.1. The zero-order valence-electron chi connectivity index (χ0n) is 12.6. The maximum absolute atomic E-state index is 12.3. The lowest BCUT2D eigenvalue weighted by atomic mass is 10.1. The summed E-state index contributed by atoms with van der Waals surface area (Å²) in [6.45, 7) is 6.33. The topological polar surface area (TPSA) is 51.5 Å². The van der Waals surface area contributed by atoms with Gasteiger partial charge in [0.25, 0.3) is 0 Å². The van der Waals surface area contributed by atoms with Crippen molar-refractivity contribution in [2.45, 2.75) is 39.5 Å². The number of hydrogen-bond acceptors (Lipinski definition) is 4. The van der Waals surface area contributed by atoms with Gasteiger partial charge >= 0.3 is 0 Å². The number of nitrogens with one attached hydrogen (secondary N) is 1. The lowest BCUT2D eigenvalue weighted by molar-refractivity contribution is 0.0949. The van der Waals surface area contributed by atoms with E-state index >= 15 is 0 Å². The monoisotopic (exact) mass is 287 g/mol. The Labute approximate surface area is 125 Å². The fourth-order valence-electron chi connectivity index (χ4n) is 1.98. The molecule has 0 amide bonds. The van der Waals surface area contributed by atoms with E-state index in [-0.39, 0.29) is 17.9 Å². The van der Waals surface area contributed by atoms with E-state index in [2.05, 4.69) is 5.32 Å². The molecule has 1 atom stereocenters. The minimum Gasteiger partial charge on any atom is -0.491 e. The Morgan fingerprint density at radius 1 is 1.19 bits per heavy atom. The molecule has 4 heteroatoms. The highest BCUT2D eigenvalue weighted by molar-refractivity contribution is 5.99. The van der Waals surface area contributed by atoms with Crippen LogP contribution in [-0.2, 0) is 6.54 Å². The molecule has 0 radical (unpaired) electrons. The average molecular weight is 287 g/mol. The summed E-state index contributed by atoms with van der Waals surface area (Å²) in [5, 5.41) is 3.16. The molecular formula is C17H21NO3. The minimum absolute atomic E-state index is 0.0534. The van der Waals surface area contributed by atoms with Gasteiger partial charge in [-0.15, -0.1) is 0 Å². The number of ether oxygens (including phenoxy) is 1. The van der Waals surface area contributed by atoms with Crippen molar-refractivity contribution < 1.29 is 13.9 Å². The Hall–Kier alpha value is -2.07. The number of benzene rings is 1. The van der Waals surface area contributed by atoms with Crippen molar-refractivity contribution in [2.24, 2.45) is 0 Å². The second-order valence-electron chi connectivity index (χ2n) is 5.24. The first kappa shape index (κ1) is 15.3. The maximum atomic E-state index is 12.3. The van der Waals surface area contributed by atoms with Crippen molar-refractivity contribution in [1.82, 2.24) is 5.32 Å². The Bertz CT molecular complexity index is 558. The van der Waals surface area contributed by atoms with Crippen LogP contribution in [0.1, 0.15) is 36.9 Å². The van der Waals surface area contributed by atoms with E-state index < -0.39 is 0 Å². The standard InChI is InChI=1S/C17H21NO3/c1-12(2)21-15-8-6-14(7-9-15)17(19)13(3)18-11-16-5-4-10-20-16/h4-10,12-13,18H,11H2,1-3H3. The van der Waals surface area contributed by atoms with Crippen LogP contribution in [0, 0.1) is 0 Å². The van der Waals surface area contributed by atoms with Crippen molar-refractivity contribution in [3.63, 3.8) is 0 Å². The Morgan fingerprint density at radius 2 is 1.90 bits per heavy atom. The summed E-state index contributed by atoms with van der Waals surface area (Å²) in [5.74, 6) is 1.64. The number of hydrogen-bond donors (Lipinski definition) is 1. The molecular weight excluding hydrogens is 266 g/mol. The average Bonchev–Trinajstić information content (AvgIpc) is 2.97. The Balaban J connectivity index is 1.92. The minimum atomic E-state index is -0.271. The molecule has 1 aromatic carbocycles. The normalized spacial score (nSPS) is 12.4. The van der Waals surface area contributed by atoms with Crippen molar-refractivity contribution in [3.8, 4) is 5.75 Å². The molecule has 2 aromatic rings. The molecule has 2 rings (SSSR count). The van der Waals surface area contributed by atoms with E-state index in [1.165, 1.54) is 0 Å². The highest BCUT2D eigenvalue weighted by Gasteiger charge is 2.15. The molecule has 0 fully saturated rings. The molecule has 0 spiro atoms. The van der Waals surface area contributed by atoms with Crippen LogP contribution < -0.4 is 10.1 Å². The van der Waals surface area contributed by atoms with E-state index in [0.29, 0.717) is 12.1 Å². The zero-order valence-corrected chi connectivity index (χ0v) is 12.6. The molecule has 0 aliphatic heterocycles. The highest BCUT2D eigenvalue weighted by atomic mass is 16.5. The van der Waals surface area contributed by atoms with Crippen molar-refractivity contribution in [2.75, 3.05) is 0 Å². The van der Waals surface area contributed by atoms with Crippen LogP contribution in [0.25, 0.3) is 0 Å². The SMILES string of the molecule is CC(C)Oc1ccc(C(=O)C(C)NCc2ccco2)cc1. The highest BCUT2D eigenvalue weighted by Crippen LogP contribution is 2.15. The van der Waals surface area contributed by atoms with Gasteiger partial charge in [0.1, 0.15) is 11.5 Å². The molecule has 0 aliphatic rings. The molecule has 0 saturated carbocycles. The van der Waals surface area contributed by atoms with E-state index in [1.807, 2.05) is 45.0 Å². The van der Waals surface area contributed by atoms with E-state index in [4.69, 9.17) is 9.15 Å². The van der Waals surface area contributed by atoms with Gasteiger partial charge in [-0.25, -0.2) is 0 Å². The van der Waals surface area contributed by atoms with Crippen LogP contribution in [0.5, 0.6) is 5.75 Å². The van der Waals surface area contributed by atoms with Crippen LogP contribution in [-0.4, -0.2) is 17.9 Å². The third-order valence-electron chi connectivity index (χ3n) is 3.07. The number of carbonyl (C=O) groups excluding carboxylic acids is 1. The van der Waals surface area contributed by atoms with Gasteiger partial charge in [0.05, 0.1) is 25.0 Å². The van der Waals surface area contributed by atoms with Gasteiger partial charge in [-0.3, -0.25) is 4.79 Å². The molecule has 21 heavy (non-hydrogen) atoms. The van der Waals surface area contributed by atoms with E-state index in [9.17, 15) is 4.79 Å². The van der Waals surface area contributed by atoms with Gasteiger partial charge in [-0.2, -0.15) is 0 Å². The van der Waals surface area contributed by atoms with Gasteiger partial charge in [0, 0.05) is 5.56 Å². The first-order valence-electron chi connectivity index (χ1n) is 7.13. The van der Waals surface area contributed by atoms with Crippen LogP contribution >= 0.6 is 0 Å². The third-order valence-corrected chi connectivity index (χ3v) is 3.07. The summed E-state index contributed by atoms with van der Waals surface area (Å²) in [6.07, 6.45) is 1.75. The number of carbonyl (C=O) groups is 1. The predicted molar refractivity (Wildman–Crippen MR) is 81.5 cm³/mol. The summed E-state index contributed by atoms with van der Waals surface area (Å²) >= 11 is 0. The van der Waals surface area contributed by atoms with Gasteiger partial charge in [-0.1, -0.05) is 0 Å².